The van der Waals surface area contributed by atoms with Crippen LogP contribution in [0.1, 0.15) is 20.3 Å². The van der Waals surface area contributed by atoms with Crippen molar-refractivity contribution in [3.8, 4) is 11.5 Å². The molecule has 11 heteroatoms. The minimum atomic E-state index is -4.47. The smallest absolute Gasteiger partial charge is 0.321 e. The molecular formula is C14H18N2O8S. The van der Waals surface area contributed by atoms with Crippen LogP contribution < -0.4 is 14.2 Å². The van der Waals surface area contributed by atoms with E-state index in [0.29, 0.717) is 0 Å². The van der Waals surface area contributed by atoms with Gasteiger partial charge in [-0.15, -0.1) is 0 Å². The Balaban J connectivity index is 2.47. The summed E-state index contributed by atoms with van der Waals surface area (Å²) in [5.41, 5.74) is -0.717. The number of nitrogens with zero attached hydrogens (tertiary/aromatic N) is 1. The molecule has 2 N–H and O–H groups in total. The molecule has 1 atom stereocenters. The van der Waals surface area contributed by atoms with Crippen molar-refractivity contribution in [1.29, 1.82) is 0 Å². The molecule has 0 amide bonds. The molecule has 2 rings (SSSR count). The van der Waals surface area contributed by atoms with Gasteiger partial charge in [-0.1, -0.05) is 13.8 Å². The summed E-state index contributed by atoms with van der Waals surface area (Å²) < 4.78 is 37.6. The second kappa shape index (κ2) is 7.23. The molecule has 0 unspecified atom stereocenters. The Morgan fingerprint density at radius 2 is 1.88 bits per heavy atom. The monoisotopic (exact) mass is 374 g/mol. The van der Waals surface area contributed by atoms with Gasteiger partial charge in [-0.25, -0.2) is 8.42 Å². The highest BCUT2D eigenvalue weighted by molar-refractivity contribution is 7.89. The molecule has 10 nitrogen and oxygen atoms in total. The van der Waals surface area contributed by atoms with E-state index >= 15 is 0 Å². The molecular weight excluding hydrogens is 356 g/mol. The van der Waals surface area contributed by atoms with Crippen LogP contribution in [0.15, 0.2) is 17.0 Å². The van der Waals surface area contributed by atoms with Crippen LogP contribution in [-0.2, 0) is 14.8 Å². The van der Waals surface area contributed by atoms with E-state index in [9.17, 15) is 28.4 Å². The number of ether oxygens (including phenoxy) is 2. The molecule has 0 bridgehead atoms. The maximum atomic E-state index is 12.6. The van der Waals surface area contributed by atoms with Gasteiger partial charge < -0.3 is 14.6 Å². The van der Waals surface area contributed by atoms with E-state index in [2.05, 4.69) is 0 Å². The molecule has 0 saturated heterocycles. The van der Waals surface area contributed by atoms with E-state index in [4.69, 9.17) is 9.47 Å². The van der Waals surface area contributed by atoms with E-state index in [1.54, 1.807) is 13.8 Å². The quantitative estimate of drug-likeness (QED) is 0.534. The lowest BCUT2D eigenvalue weighted by atomic mass is 10.1. The normalized spacial score (nSPS) is 15.0. The molecule has 0 saturated carbocycles. The van der Waals surface area contributed by atoms with Crippen molar-refractivity contribution in [1.82, 2.24) is 4.72 Å². The van der Waals surface area contributed by atoms with E-state index in [-0.39, 0.29) is 37.1 Å². The predicted octanol–water partition coefficient (Wildman–Crippen LogP) is 1.14. The summed E-state index contributed by atoms with van der Waals surface area (Å²) in [7, 11) is -4.47. The molecule has 1 aromatic rings. The number of nitrogens with one attached hydrogen (secondary N) is 1. The number of carboxylic acid groups (broad SMARTS) is 1. The topological polar surface area (TPSA) is 145 Å². The van der Waals surface area contributed by atoms with Gasteiger partial charge in [0.05, 0.1) is 11.0 Å². The van der Waals surface area contributed by atoms with Gasteiger partial charge in [-0.05, 0) is 12.3 Å². The number of aliphatic carboxylic acids is 1. The van der Waals surface area contributed by atoms with Gasteiger partial charge in [0.2, 0.25) is 10.0 Å². The third kappa shape index (κ3) is 4.37. The maximum absolute atomic E-state index is 12.6. The van der Waals surface area contributed by atoms with Crippen LogP contribution in [0.3, 0.4) is 0 Å². The highest BCUT2D eigenvalue weighted by Gasteiger charge is 2.33. The summed E-state index contributed by atoms with van der Waals surface area (Å²) >= 11 is 0. The lowest BCUT2D eigenvalue weighted by Crippen LogP contribution is -2.41. The van der Waals surface area contributed by atoms with Crippen LogP contribution in [0.2, 0.25) is 0 Å². The lowest BCUT2D eigenvalue weighted by molar-refractivity contribution is -0.388. The SMILES string of the molecule is CC(C)C[C@@H](NS(=O)(=O)c1cc2c(cc1[N+](=O)[O-])OCCO2)C(=O)O. The molecule has 138 valence electrons. The number of hydrogen-bond donors (Lipinski definition) is 2. The van der Waals surface area contributed by atoms with Gasteiger partial charge in [0.25, 0.3) is 5.69 Å². The van der Waals surface area contributed by atoms with Crippen LogP contribution in [-0.4, -0.2) is 43.7 Å². The van der Waals surface area contributed by atoms with Crippen molar-refractivity contribution in [2.24, 2.45) is 5.92 Å². The van der Waals surface area contributed by atoms with Gasteiger partial charge in [-0.2, -0.15) is 4.72 Å². The zero-order valence-electron chi connectivity index (χ0n) is 13.6. The number of sulfonamides is 1. The average Bonchev–Trinajstić information content (AvgIpc) is 2.52. The highest BCUT2D eigenvalue weighted by Crippen LogP contribution is 2.38. The first-order valence-corrected chi connectivity index (χ1v) is 8.93. The molecule has 1 aromatic carbocycles. The van der Waals surface area contributed by atoms with Gasteiger partial charge in [0.1, 0.15) is 19.3 Å². The van der Waals surface area contributed by atoms with Crippen molar-refractivity contribution >= 4 is 21.7 Å². The van der Waals surface area contributed by atoms with Gasteiger partial charge in [-0.3, -0.25) is 14.9 Å². The number of nitro benzene ring substituents is 1. The fourth-order valence-corrected chi connectivity index (χ4v) is 3.71. The van der Waals surface area contributed by atoms with Crippen LogP contribution in [0.5, 0.6) is 11.5 Å². The molecule has 1 aliphatic heterocycles. The van der Waals surface area contributed by atoms with Crippen LogP contribution in [0.4, 0.5) is 5.69 Å². The number of nitro groups is 1. The van der Waals surface area contributed by atoms with Crippen molar-refractivity contribution in [2.75, 3.05) is 13.2 Å². The minimum absolute atomic E-state index is 0.0346. The number of carbonyl (C=O) groups is 1. The van der Waals surface area contributed by atoms with Crippen molar-refractivity contribution in [3.05, 3.63) is 22.2 Å². The van der Waals surface area contributed by atoms with Crippen LogP contribution >= 0.6 is 0 Å². The second-order valence-electron chi connectivity index (χ2n) is 5.86. The summed E-state index contributed by atoms with van der Waals surface area (Å²) in [5, 5.41) is 20.4. The number of rotatable bonds is 7. The summed E-state index contributed by atoms with van der Waals surface area (Å²) in [5.74, 6) is -1.35. The predicted molar refractivity (Wildman–Crippen MR) is 85.3 cm³/mol. The molecule has 0 fully saturated rings. The fraction of sp³-hybridized carbons (Fsp3) is 0.500. The van der Waals surface area contributed by atoms with Crippen molar-refractivity contribution in [3.63, 3.8) is 0 Å². The third-order valence-electron chi connectivity index (χ3n) is 3.41. The van der Waals surface area contributed by atoms with E-state index in [1.807, 2.05) is 4.72 Å². The zero-order valence-corrected chi connectivity index (χ0v) is 14.4. The highest BCUT2D eigenvalue weighted by atomic mass is 32.2. The molecule has 1 heterocycles. The first-order valence-electron chi connectivity index (χ1n) is 7.45. The number of benzene rings is 1. The molecule has 0 aromatic heterocycles. The summed E-state index contributed by atoms with van der Waals surface area (Å²) in [6.45, 7) is 3.82. The fourth-order valence-electron chi connectivity index (χ4n) is 2.34. The van der Waals surface area contributed by atoms with Gasteiger partial charge in [0.15, 0.2) is 16.4 Å². The Labute approximate surface area is 143 Å². The number of hydrogen-bond acceptors (Lipinski definition) is 7. The Kier molecular flexibility index (Phi) is 5.48. The van der Waals surface area contributed by atoms with Crippen LogP contribution in [0.25, 0.3) is 0 Å². The summed E-state index contributed by atoms with van der Waals surface area (Å²) in [4.78, 5) is 21.0. The Hall–Kier alpha value is -2.40. The van der Waals surface area contributed by atoms with Gasteiger partial charge >= 0.3 is 5.97 Å². The first-order chi connectivity index (χ1) is 11.6. The Morgan fingerprint density at radius 3 is 2.36 bits per heavy atom. The van der Waals surface area contributed by atoms with Crippen molar-refractivity contribution in [2.45, 2.75) is 31.2 Å². The number of fused-ring (bicyclic) bond motifs is 1. The van der Waals surface area contributed by atoms with Crippen LogP contribution in [0, 0.1) is 16.0 Å². The third-order valence-corrected chi connectivity index (χ3v) is 4.91. The van der Waals surface area contributed by atoms with Gasteiger partial charge in [0, 0.05) is 6.07 Å². The standard InChI is InChI=1S/C14H18N2O8S/c1-8(2)5-9(14(17)18)15-25(21,22)13-7-12-11(23-3-4-24-12)6-10(13)16(19)20/h6-9,15H,3-5H2,1-2H3,(H,17,18)/t9-/m1/s1. The largest absolute Gasteiger partial charge is 0.486 e. The molecule has 25 heavy (non-hydrogen) atoms. The van der Waals surface area contributed by atoms with E-state index < -0.39 is 37.5 Å². The minimum Gasteiger partial charge on any atom is -0.486 e. The van der Waals surface area contributed by atoms with E-state index in [0.717, 1.165) is 12.1 Å². The molecule has 1 aliphatic rings. The second-order valence-corrected chi connectivity index (χ2v) is 7.54. The maximum Gasteiger partial charge on any atom is 0.321 e. The first kappa shape index (κ1) is 18.9. The summed E-state index contributed by atoms with van der Waals surface area (Å²) in [6.07, 6.45) is 0.0346. The van der Waals surface area contributed by atoms with E-state index in [1.165, 1.54) is 0 Å². The zero-order chi connectivity index (χ0) is 18.8. The molecule has 0 spiro atoms. The Morgan fingerprint density at radius 1 is 1.32 bits per heavy atom. The Bertz CT molecular complexity index is 790. The average molecular weight is 374 g/mol. The summed E-state index contributed by atoms with van der Waals surface area (Å²) in [6, 6.07) is 0.530. The molecule has 0 aliphatic carbocycles. The molecule has 0 radical (unpaired) electrons. The van der Waals surface area contributed by atoms with Crippen molar-refractivity contribution < 1.29 is 32.7 Å². The lowest BCUT2D eigenvalue weighted by Gasteiger charge is -2.20. The number of carboxylic acids is 1.